The lowest BCUT2D eigenvalue weighted by atomic mass is 9.75. The van der Waals surface area contributed by atoms with Gasteiger partial charge in [-0.2, -0.15) is 0 Å². The minimum atomic E-state index is -2.41. The Bertz CT molecular complexity index is 1720. The highest BCUT2D eigenvalue weighted by molar-refractivity contribution is 6.39. The van der Waals surface area contributed by atoms with E-state index in [1.54, 1.807) is 40.9 Å². The molecule has 3 N–H and O–H groups in total. The summed E-state index contributed by atoms with van der Waals surface area (Å²) in [6.45, 7) is 16.8. The lowest BCUT2D eigenvalue weighted by Gasteiger charge is -2.42. The van der Waals surface area contributed by atoms with E-state index in [1.165, 1.54) is 4.90 Å². The van der Waals surface area contributed by atoms with E-state index >= 15 is 0 Å². The lowest BCUT2D eigenvalue weighted by Crippen LogP contribution is -2.61. The summed E-state index contributed by atoms with van der Waals surface area (Å²) in [5.41, 5.74) is 1.40. The molecule has 12 heteroatoms. The van der Waals surface area contributed by atoms with E-state index in [0.29, 0.717) is 56.9 Å². The maximum Gasteiger partial charge on any atom is 0.329 e. The Morgan fingerprint density at radius 3 is 2.03 bits per heavy atom. The molecule has 3 fully saturated rings. The molecule has 1 aliphatic carbocycles. The molecule has 0 aromatic heterocycles. The van der Waals surface area contributed by atoms with Crippen LogP contribution in [0.1, 0.15) is 199 Å². The summed E-state index contributed by atoms with van der Waals surface area (Å²) >= 11 is 0. The average Bonchev–Trinajstić information content (AvgIpc) is 3.25. The van der Waals surface area contributed by atoms with Crippen molar-refractivity contribution in [3.05, 3.63) is 47.6 Å². The number of rotatable bonds is 4. The number of esters is 1. The highest BCUT2D eigenvalue weighted by Gasteiger charge is 2.53. The van der Waals surface area contributed by atoms with Gasteiger partial charge in [-0.3, -0.25) is 19.2 Å². The van der Waals surface area contributed by atoms with E-state index in [9.17, 15) is 39.3 Å². The minimum absolute atomic E-state index is 0. The second-order valence-corrected chi connectivity index (χ2v) is 19.9. The molecule has 2 saturated heterocycles. The number of piperidine rings is 1. The summed E-state index contributed by atoms with van der Waals surface area (Å²) in [4.78, 5) is 71.5. The standard InChI is InChI=1S/C51H79NO11.8CH4/c1-30-16-12-11-13-17-31(2)44(61-10)28-40-21-19-37(8)51(60,63-40)48(57)49(58)52-23-15-14-18-41(52)50(59)62-45(34(5)27-39-20-22-42(53)33(4)26-39)29-43(54)32(3)25-36(7)47(56)38(9)46(55)35(6)24-30;;;;;;;;/h11-13,16-17,25,30,32-35,37-42,44-45,47,53,56,60H,14-15,18-24,26-29H2,1-10H3;8*1H4/b13-11?,16-12+,31-17?,36-25+;;;;;;;;/t30-,32-,33-,34-,35-,37-,38+,39?,40+,41+,42-,44+,45?,47+,51-;;;;;;;;/m1......../s1. The first-order valence-corrected chi connectivity index (χ1v) is 23.8. The van der Waals surface area contributed by atoms with Crippen LogP contribution in [0.4, 0.5) is 0 Å². The molecule has 418 valence electrons. The van der Waals surface area contributed by atoms with Gasteiger partial charge in [0, 0.05) is 50.2 Å². The van der Waals surface area contributed by atoms with Gasteiger partial charge in [0.15, 0.2) is 0 Å². The molecule has 0 radical (unpaired) electrons. The number of aliphatic hydroxyl groups excluding tert-OH is 2. The number of methoxy groups -OCH3 is 1. The van der Waals surface area contributed by atoms with Gasteiger partial charge in [-0.1, -0.05) is 144 Å². The summed E-state index contributed by atoms with van der Waals surface area (Å²) in [5, 5.41) is 33.7. The Kier molecular flexibility index (Phi) is 37.8. The van der Waals surface area contributed by atoms with Crippen molar-refractivity contribution in [1.82, 2.24) is 4.90 Å². The maximum absolute atomic E-state index is 14.3. The van der Waals surface area contributed by atoms with Crippen molar-refractivity contribution in [2.24, 2.45) is 47.3 Å². The molecule has 0 aromatic rings. The SMILES string of the molecule is C.C.C.C.C.C.C.C.CO[C@H]1C[C@@H]2CC[C@@H](C)[C@@](O)(O2)C(=O)C(=O)N2CCCC[C@H]2C(=O)OC([C@H](C)CC2CC[C@@H](O)[C@H](C)C2)CC(=O)[C@H](C)/C=C(\C)[C@H](O)[C@@H](C)C(=O)[C@H](C)C[C@H](C)/C=C/C=CC=C1C. The largest absolute Gasteiger partial charge is 0.460 e. The van der Waals surface area contributed by atoms with Crippen LogP contribution >= 0.6 is 0 Å². The molecule has 3 aliphatic heterocycles. The number of allylic oxidation sites excluding steroid dienone is 6. The highest BCUT2D eigenvalue weighted by Crippen LogP contribution is 2.38. The summed E-state index contributed by atoms with van der Waals surface area (Å²) in [6, 6.07) is -1.10. The van der Waals surface area contributed by atoms with Gasteiger partial charge in [0.05, 0.1) is 24.4 Å². The Morgan fingerprint density at radius 1 is 0.789 bits per heavy atom. The molecular formula is C59H111NO11. The van der Waals surface area contributed by atoms with Crippen LogP contribution in [0.5, 0.6) is 0 Å². The zero-order valence-corrected chi connectivity index (χ0v) is 39.8. The van der Waals surface area contributed by atoms with Crippen LogP contribution in [0.2, 0.25) is 0 Å². The van der Waals surface area contributed by atoms with Crippen LogP contribution in [0.25, 0.3) is 0 Å². The fourth-order valence-corrected chi connectivity index (χ4v) is 10.2. The molecule has 12 nitrogen and oxygen atoms in total. The Labute approximate surface area is 435 Å². The maximum atomic E-state index is 14.3. The van der Waals surface area contributed by atoms with E-state index in [1.807, 2.05) is 65.0 Å². The molecule has 2 bridgehead atoms. The molecule has 15 atom stereocenters. The molecule has 1 amide bonds. The van der Waals surface area contributed by atoms with Crippen LogP contribution in [-0.2, 0) is 38.2 Å². The van der Waals surface area contributed by atoms with E-state index in [2.05, 4.69) is 0 Å². The van der Waals surface area contributed by atoms with Crippen molar-refractivity contribution in [2.75, 3.05) is 13.7 Å². The summed E-state index contributed by atoms with van der Waals surface area (Å²) in [6.07, 6.45) is 14.2. The van der Waals surface area contributed by atoms with Gasteiger partial charge in [-0.05, 0) is 113 Å². The van der Waals surface area contributed by atoms with Gasteiger partial charge in [0.2, 0.25) is 5.79 Å². The quantitative estimate of drug-likeness (QED) is 0.139. The van der Waals surface area contributed by atoms with Crippen LogP contribution < -0.4 is 0 Å². The van der Waals surface area contributed by atoms with Gasteiger partial charge < -0.3 is 34.4 Å². The lowest BCUT2D eigenvalue weighted by molar-refractivity contribution is -0.265. The second-order valence-electron chi connectivity index (χ2n) is 19.9. The number of carbonyl (C=O) groups excluding carboxylic acids is 5. The number of cyclic esters (lactones) is 1. The molecule has 0 spiro atoms. The molecular weight excluding hydrogens is 899 g/mol. The minimum Gasteiger partial charge on any atom is -0.460 e. The Hall–Kier alpha value is -3.29. The number of fused-ring (bicyclic) bond motifs is 3. The number of hydrogen-bond donors (Lipinski definition) is 3. The Morgan fingerprint density at radius 2 is 1.42 bits per heavy atom. The van der Waals surface area contributed by atoms with E-state index in [0.717, 1.165) is 18.4 Å². The topological polar surface area (TPSA) is 177 Å². The van der Waals surface area contributed by atoms with Crippen LogP contribution in [0, 0.1) is 47.3 Å². The smallest absolute Gasteiger partial charge is 0.329 e. The van der Waals surface area contributed by atoms with Gasteiger partial charge in [-0.15, -0.1) is 0 Å². The number of nitrogens with zero attached hydrogens (tertiary/aromatic N) is 1. The molecule has 2 unspecified atom stereocenters. The fraction of sp³-hybridized carbons (Fsp3) is 0.780. The first kappa shape index (κ1) is 76.6. The first-order valence-electron chi connectivity index (χ1n) is 23.8. The fourth-order valence-electron chi connectivity index (χ4n) is 10.2. The zero-order valence-electron chi connectivity index (χ0n) is 39.8. The van der Waals surface area contributed by atoms with Crippen molar-refractivity contribution in [3.8, 4) is 0 Å². The third-order valence-electron chi connectivity index (χ3n) is 14.6. The predicted molar refractivity (Wildman–Crippen MR) is 296 cm³/mol. The molecule has 4 rings (SSSR count). The summed E-state index contributed by atoms with van der Waals surface area (Å²) in [5.74, 6) is -7.70. The first-order chi connectivity index (χ1) is 29.7. The number of aliphatic hydroxyl groups is 3. The molecule has 71 heavy (non-hydrogen) atoms. The van der Waals surface area contributed by atoms with E-state index in [4.69, 9.17) is 14.2 Å². The van der Waals surface area contributed by atoms with Crippen LogP contribution in [0.3, 0.4) is 0 Å². The number of carbonyl (C=O) groups is 5. The van der Waals surface area contributed by atoms with E-state index < -0.39 is 71.7 Å². The van der Waals surface area contributed by atoms with Crippen molar-refractivity contribution in [3.63, 3.8) is 0 Å². The van der Waals surface area contributed by atoms with Crippen LogP contribution in [-0.4, -0.2) is 105 Å². The third-order valence-corrected chi connectivity index (χ3v) is 14.6. The zero-order chi connectivity index (χ0) is 46.8. The van der Waals surface area contributed by atoms with Gasteiger partial charge in [0.1, 0.15) is 23.7 Å². The van der Waals surface area contributed by atoms with Gasteiger partial charge in [0.25, 0.3) is 11.7 Å². The number of ketones is 3. The molecule has 3 heterocycles. The molecule has 0 aromatic carbocycles. The number of Topliss-reactive ketones (excluding diaryl/α,β-unsaturated/α-hetero) is 3. The van der Waals surface area contributed by atoms with Gasteiger partial charge in [-0.25, -0.2) is 4.79 Å². The number of ether oxygens (including phenoxy) is 3. The van der Waals surface area contributed by atoms with Crippen molar-refractivity contribution in [1.29, 1.82) is 0 Å². The summed E-state index contributed by atoms with van der Waals surface area (Å²) < 4.78 is 18.3. The average molecular weight is 1010 g/mol. The number of amides is 1. The van der Waals surface area contributed by atoms with E-state index in [-0.39, 0.29) is 126 Å². The predicted octanol–water partition coefficient (Wildman–Crippen LogP) is 12.5. The normalized spacial score (nSPS) is 35.5. The summed E-state index contributed by atoms with van der Waals surface area (Å²) in [7, 11) is 1.59. The van der Waals surface area contributed by atoms with Crippen molar-refractivity contribution < 1.29 is 53.5 Å². The molecule has 1 saturated carbocycles. The van der Waals surface area contributed by atoms with Gasteiger partial charge >= 0.3 is 5.97 Å². The highest BCUT2D eigenvalue weighted by atomic mass is 16.6. The van der Waals surface area contributed by atoms with Crippen molar-refractivity contribution in [2.45, 2.75) is 241 Å². The monoisotopic (exact) mass is 1010 g/mol. The third kappa shape index (κ3) is 20.5. The van der Waals surface area contributed by atoms with Crippen LogP contribution in [0.15, 0.2) is 47.6 Å². The number of hydrogen-bond acceptors (Lipinski definition) is 11. The molecule has 4 aliphatic rings. The van der Waals surface area contributed by atoms with Crippen molar-refractivity contribution >= 4 is 29.2 Å². The second kappa shape index (κ2) is 35.0. The Balaban J connectivity index is -0.00000181.